The fourth-order valence-electron chi connectivity index (χ4n) is 3.70. The average molecular weight is 404 g/mol. The SMILES string of the molecule is Cc1ccc(-n2ncc(C(=O)C3CCCN(C(=O)c4cnc(C)cn4)C3)c2N)cc1. The normalized spacial score (nSPS) is 16.5. The lowest BCUT2D eigenvalue weighted by Crippen LogP contribution is -2.42. The molecule has 1 aromatic carbocycles. The van der Waals surface area contributed by atoms with Crippen LogP contribution in [-0.4, -0.2) is 49.4 Å². The lowest BCUT2D eigenvalue weighted by Gasteiger charge is -2.31. The maximum Gasteiger partial charge on any atom is 0.274 e. The van der Waals surface area contributed by atoms with Crippen LogP contribution in [0.25, 0.3) is 5.69 Å². The second kappa shape index (κ2) is 8.06. The Bertz CT molecular complexity index is 1070. The number of likely N-dealkylation sites (tertiary alicyclic amines) is 1. The van der Waals surface area contributed by atoms with Crippen molar-refractivity contribution < 1.29 is 9.59 Å². The molecule has 0 radical (unpaired) electrons. The number of carbonyl (C=O) groups excluding carboxylic acids is 2. The maximum absolute atomic E-state index is 13.2. The Hall–Kier alpha value is -3.55. The van der Waals surface area contributed by atoms with Crippen LogP contribution < -0.4 is 5.73 Å². The first-order valence-corrected chi connectivity index (χ1v) is 9.96. The van der Waals surface area contributed by atoms with Crippen LogP contribution in [0.15, 0.2) is 42.9 Å². The molecular weight excluding hydrogens is 380 g/mol. The topological polar surface area (TPSA) is 107 Å². The Labute approximate surface area is 174 Å². The van der Waals surface area contributed by atoms with E-state index in [1.165, 1.54) is 12.4 Å². The molecule has 8 nitrogen and oxygen atoms in total. The number of Topliss-reactive ketones (excluding diaryl/α,β-unsaturated/α-hetero) is 1. The molecule has 2 aromatic heterocycles. The molecule has 1 aliphatic heterocycles. The lowest BCUT2D eigenvalue weighted by atomic mass is 9.90. The molecule has 1 unspecified atom stereocenters. The van der Waals surface area contributed by atoms with Gasteiger partial charge in [-0.15, -0.1) is 0 Å². The number of carbonyl (C=O) groups is 2. The number of aromatic nitrogens is 4. The number of nitrogen functional groups attached to an aromatic ring is 1. The number of amides is 1. The number of hydrogen-bond acceptors (Lipinski definition) is 6. The van der Waals surface area contributed by atoms with Crippen molar-refractivity contribution in [1.29, 1.82) is 0 Å². The van der Waals surface area contributed by atoms with Crippen molar-refractivity contribution in [3.05, 3.63) is 65.4 Å². The molecule has 0 saturated carbocycles. The monoisotopic (exact) mass is 404 g/mol. The van der Waals surface area contributed by atoms with E-state index in [9.17, 15) is 9.59 Å². The van der Waals surface area contributed by atoms with Gasteiger partial charge in [0.05, 0.1) is 29.3 Å². The molecule has 1 saturated heterocycles. The lowest BCUT2D eigenvalue weighted by molar-refractivity contribution is 0.0632. The highest BCUT2D eigenvalue weighted by Gasteiger charge is 2.32. The zero-order valence-corrected chi connectivity index (χ0v) is 17.1. The molecule has 154 valence electrons. The fraction of sp³-hybridized carbons (Fsp3) is 0.318. The summed E-state index contributed by atoms with van der Waals surface area (Å²) in [5, 5.41) is 4.31. The molecule has 2 N–H and O–H groups in total. The van der Waals surface area contributed by atoms with E-state index in [1.54, 1.807) is 15.8 Å². The Morgan fingerprint density at radius 1 is 1.07 bits per heavy atom. The van der Waals surface area contributed by atoms with Crippen molar-refractivity contribution in [1.82, 2.24) is 24.6 Å². The molecule has 8 heteroatoms. The van der Waals surface area contributed by atoms with Crippen molar-refractivity contribution in [3.8, 4) is 5.69 Å². The second-order valence-electron chi connectivity index (χ2n) is 7.69. The van der Waals surface area contributed by atoms with E-state index < -0.39 is 0 Å². The van der Waals surface area contributed by atoms with E-state index in [2.05, 4.69) is 15.1 Å². The molecular formula is C22H24N6O2. The number of rotatable bonds is 4. The summed E-state index contributed by atoms with van der Waals surface area (Å²) in [5.74, 6) is -0.294. The van der Waals surface area contributed by atoms with Gasteiger partial charge in [-0.3, -0.25) is 14.6 Å². The van der Waals surface area contributed by atoms with Gasteiger partial charge in [-0.1, -0.05) is 17.7 Å². The van der Waals surface area contributed by atoms with Gasteiger partial charge in [0, 0.05) is 25.2 Å². The number of piperidine rings is 1. The van der Waals surface area contributed by atoms with Crippen LogP contribution >= 0.6 is 0 Å². The minimum absolute atomic E-state index is 0.0849. The van der Waals surface area contributed by atoms with Crippen molar-refractivity contribution in [3.63, 3.8) is 0 Å². The molecule has 1 fully saturated rings. The first-order chi connectivity index (χ1) is 14.4. The van der Waals surface area contributed by atoms with Gasteiger partial charge in [0.15, 0.2) is 5.78 Å². The summed E-state index contributed by atoms with van der Waals surface area (Å²) >= 11 is 0. The number of nitrogens with two attached hydrogens (primary N) is 1. The summed E-state index contributed by atoms with van der Waals surface area (Å²) in [6.45, 7) is 4.75. The summed E-state index contributed by atoms with van der Waals surface area (Å²) in [4.78, 5) is 35.9. The van der Waals surface area contributed by atoms with Crippen LogP contribution in [0, 0.1) is 19.8 Å². The molecule has 3 heterocycles. The smallest absolute Gasteiger partial charge is 0.274 e. The van der Waals surface area contributed by atoms with Gasteiger partial charge in [-0.25, -0.2) is 9.67 Å². The summed E-state index contributed by atoms with van der Waals surface area (Å²) in [6, 6.07) is 7.76. The average Bonchev–Trinajstić information content (AvgIpc) is 3.15. The number of ketones is 1. The summed E-state index contributed by atoms with van der Waals surface area (Å²) in [5.41, 5.74) is 9.63. The quantitative estimate of drug-likeness (QED) is 0.670. The molecule has 1 aliphatic rings. The summed E-state index contributed by atoms with van der Waals surface area (Å²) in [6.07, 6.45) is 6.02. The van der Waals surface area contributed by atoms with Crippen molar-refractivity contribution >= 4 is 17.5 Å². The van der Waals surface area contributed by atoms with E-state index in [-0.39, 0.29) is 17.6 Å². The third-order valence-electron chi connectivity index (χ3n) is 5.43. The van der Waals surface area contributed by atoms with Gasteiger partial charge in [0.2, 0.25) is 0 Å². The molecule has 0 aliphatic carbocycles. The van der Waals surface area contributed by atoms with E-state index in [0.29, 0.717) is 36.6 Å². The van der Waals surface area contributed by atoms with Crippen LogP contribution in [0.1, 0.15) is 44.9 Å². The number of aryl methyl sites for hydroxylation is 2. The molecule has 0 spiro atoms. The van der Waals surface area contributed by atoms with Crippen LogP contribution in [-0.2, 0) is 0 Å². The summed E-state index contributed by atoms with van der Waals surface area (Å²) in [7, 11) is 0. The Kier molecular flexibility index (Phi) is 5.31. The van der Waals surface area contributed by atoms with Crippen molar-refractivity contribution in [2.45, 2.75) is 26.7 Å². The Morgan fingerprint density at radius 2 is 1.83 bits per heavy atom. The van der Waals surface area contributed by atoms with Gasteiger partial charge in [0.25, 0.3) is 5.91 Å². The first-order valence-electron chi connectivity index (χ1n) is 9.96. The summed E-state index contributed by atoms with van der Waals surface area (Å²) < 4.78 is 1.57. The second-order valence-corrected chi connectivity index (χ2v) is 7.69. The van der Waals surface area contributed by atoms with Gasteiger partial charge in [-0.05, 0) is 38.8 Å². The first kappa shape index (κ1) is 19.8. The van der Waals surface area contributed by atoms with Crippen molar-refractivity contribution in [2.75, 3.05) is 18.8 Å². The highest BCUT2D eigenvalue weighted by Crippen LogP contribution is 2.26. The molecule has 1 amide bonds. The molecule has 30 heavy (non-hydrogen) atoms. The van der Waals surface area contributed by atoms with Gasteiger partial charge in [0.1, 0.15) is 11.5 Å². The predicted octanol–water partition coefficient (Wildman–Crippen LogP) is 2.60. The molecule has 1 atom stereocenters. The minimum Gasteiger partial charge on any atom is -0.383 e. The zero-order valence-electron chi connectivity index (χ0n) is 17.1. The molecule has 0 bridgehead atoms. The van der Waals surface area contributed by atoms with Crippen LogP contribution in [0.3, 0.4) is 0 Å². The van der Waals surface area contributed by atoms with Crippen LogP contribution in [0.2, 0.25) is 0 Å². The number of hydrogen-bond donors (Lipinski definition) is 1. The Balaban J connectivity index is 1.51. The number of benzene rings is 1. The van der Waals surface area contributed by atoms with Gasteiger partial charge >= 0.3 is 0 Å². The maximum atomic E-state index is 13.2. The highest BCUT2D eigenvalue weighted by molar-refractivity contribution is 6.02. The Morgan fingerprint density at radius 3 is 2.53 bits per heavy atom. The van der Waals surface area contributed by atoms with E-state index in [1.807, 2.05) is 38.1 Å². The minimum atomic E-state index is -0.320. The number of nitrogens with zero attached hydrogens (tertiary/aromatic N) is 5. The van der Waals surface area contributed by atoms with E-state index in [0.717, 1.165) is 23.4 Å². The standard InChI is InChI=1S/C22H24N6O2/c1-14-5-7-17(8-6-14)28-21(23)18(11-26-28)20(29)16-4-3-9-27(13-16)22(30)19-12-24-15(2)10-25-19/h5-8,10-12,16H,3-4,9,13,23H2,1-2H3. The van der Waals surface area contributed by atoms with Gasteiger partial charge < -0.3 is 10.6 Å². The molecule has 3 aromatic rings. The third-order valence-corrected chi connectivity index (χ3v) is 5.43. The van der Waals surface area contributed by atoms with Crippen molar-refractivity contribution in [2.24, 2.45) is 5.92 Å². The van der Waals surface area contributed by atoms with E-state index in [4.69, 9.17) is 5.73 Å². The molecule has 4 rings (SSSR count). The van der Waals surface area contributed by atoms with Crippen LogP contribution in [0.5, 0.6) is 0 Å². The van der Waals surface area contributed by atoms with E-state index >= 15 is 0 Å². The van der Waals surface area contributed by atoms with Crippen LogP contribution in [0.4, 0.5) is 5.82 Å². The van der Waals surface area contributed by atoms with Gasteiger partial charge in [-0.2, -0.15) is 5.10 Å². The third kappa shape index (κ3) is 3.80. The predicted molar refractivity (Wildman–Crippen MR) is 112 cm³/mol. The number of anilines is 1. The fourth-order valence-corrected chi connectivity index (χ4v) is 3.70. The largest absolute Gasteiger partial charge is 0.383 e. The zero-order chi connectivity index (χ0) is 21.3. The highest BCUT2D eigenvalue weighted by atomic mass is 16.2.